The Morgan fingerprint density at radius 3 is 2.54 bits per heavy atom. The summed E-state index contributed by atoms with van der Waals surface area (Å²) < 4.78 is 0. The van der Waals surface area contributed by atoms with Crippen LogP contribution < -0.4 is 22.2 Å². The Bertz CT molecular complexity index is 1150. The number of hydrogen-bond acceptors (Lipinski definition) is 6. The summed E-state index contributed by atoms with van der Waals surface area (Å²) in [5, 5.41) is 7.05. The molecule has 2 aromatic rings. The Morgan fingerprint density at radius 1 is 1.17 bits per heavy atom. The quantitative estimate of drug-likeness (QED) is 0.182. The smallest absolute Gasteiger partial charge is 0.269 e. The lowest BCUT2D eigenvalue weighted by Crippen LogP contribution is -2.39. The van der Waals surface area contributed by atoms with Crippen LogP contribution in [0.5, 0.6) is 0 Å². The van der Waals surface area contributed by atoms with Crippen molar-refractivity contribution < 1.29 is 9.59 Å². The summed E-state index contributed by atoms with van der Waals surface area (Å²) in [6.45, 7) is 4.65. The molecule has 1 unspecified atom stereocenters. The van der Waals surface area contributed by atoms with Crippen LogP contribution >= 0.6 is 0 Å². The number of carbonyl (C=O) groups is 2. The molecule has 6 N–H and O–H groups in total. The van der Waals surface area contributed by atoms with Crippen LogP contribution in [0.15, 0.2) is 71.0 Å². The number of allylic oxidation sites excluding steroid dienone is 1. The van der Waals surface area contributed by atoms with Gasteiger partial charge in [0.1, 0.15) is 5.70 Å². The first-order valence-electron chi connectivity index (χ1n) is 11.7. The van der Waals surface area contributed by atoms with Crippen molar-refractivity contribution in [3.63, 3.8) is 0 Å². The number of hydrogen-bond donors (Lipinski definition) is 4. The van der Waals surface area contributed by atoms with E-state index >= 15 is 0 Å². The lowest BCUT2D eigenvalue weighted by Gasteiger charge is -2.18. The van der Waals surface area contributed by atoms with E-state index in [1.807, 2.05) is 55.5 Å². The first kappa shape index (κ1) is 25.7. The van der Waals surface area contributed by atoms with Crippen molar-refractivity contribution in [1.29, 1.82) is 0 Å². The third kappa shape index (κ3) is 6.58. The van der Waals surface area contributed by atoms with E-state index in [9.17, 15) is 9.59 Å². The standard InChI is InChI=1S/C27H34N6O2/c1-4-19-9-11-20(12-10-19)25(16-30-3)32-27(35)24(28)17-33(29)14-13-31-26(34)23-15-21-7-5-6-8-22(21)18(23)2/h5-12,16-17,25H,4,13-15,28-29H2,1-3H3,(H,31,34)(H,32,35)/b24-17-,30-16?. The number of nitrogens with zero attached hydrogens (tertiary/aromatic N) is 2. The maximum atomic E-state index is 12.6. The molecule has 2 amide bonds. The van der Waals surface area contributed by atoms with E-state index in [-0.39, 0.29) is 18.1 Å². The molecule has 0 bridgehead atoms. The summed E-state index contributed by atoms with van der Waals surface area (Å²) in [7, 11) is 1.65. The third-order valence-corrected chi connectivity index (χ3v) is 6.07. The lowest BCUT2D eigenvalue weighted by atomic mass is 10.0. The van der Waals surface area contributed by atoms with Crippen molar-refractivity contribution in [2.24, 2.45) is 16.6 Å². The maximum Gasteiger partial charge on any atom is 0.269 e. The Balaban J connectivity index is 1.52. The monoisotopic (exact) mass is 474 g/mol. The highest BCUT2D eigenvalue weighted by Gasteiger charge is 2.22. The zero-order valence-electron chi connectivity index (χ0n) is 20.5. The van der Waals surface area contributed by atoms with Gasteiger partial charge in [0.05, 0.1) is 12.6 Å². The summed E-state index contributed by atoms with van der Waals surface area (Å²) in [4.78, 5) is 29.3. The molecule has 3 rings (SSSR count). The molecular formula is C27H34N6O2. The molecule has 0 radical (unpaired) electrons. The average molecular weight is 475 g/mol. The van der Waals surface area contributed by atoms with Gasteiger partial charge in [-0.2, -0.15) is 0 Å². The van der Waals surface area contributed by atoms with Gasteiger partial charge in [-0.05, 0) is 41.2 Å². The molecule has 2 aromatic carbocycles. The van der Waals surface area contributed by atoms with Crippen molar-refractivity contribution in [1.82, 2.24) is 15.6 Å². The number of rotatable bonds is 10. The van der Waals surface area contributed by atoms with E-state index in [1.165, 1.54) is 16.8 Å². The van der Waals surface area contributed by atoms with Crippen LogP contribution in [0.1, 0.15) is 42.1 Å². The second-order valence-corrected chi connectivity index (χ2v) is 8.47. The molecule has 0 aromatic heterocycles. The summed E-state index contributed by atoms with van der Waals surface area (Å²) >= 11 is 0. The molecule has 0 aliphatic heterocycles. The van der Waals surface area contributed by atoms with Gasteiger partial charge in [0, 0.05) is 38.0 Å². The van der Waals surface area contributed by atoms with Crippen molar-refractivity contribution in [2.45, 2.75) is 32.7 Å². The van der Waals surface area contributed by atoms with Crippen LogP contribution in [-0.2, 0) is 22.4 Å². The number of fused-ring (bicyclic) bond motifs is 1. The zero-order chi connectivity index (χ0) is 25.4. The van der Waals surface area contributed by atoms with Gasteiger partial charge < -0.3 is 21.4 Å². The molecule has 1 aliphatic rings. The molecule has 0 saturated carbocycles. The minimum Gasteiger partial charge on any atom is -0.393 e. The molecule has 1 aliphatic carbocycles. The second kappa shape index (κ2) is 12.0. The lowest BCUT2D eigenvalue weighted by molar-refractivity contribution is -0.118. The third-order valence-electron chi connectivity index (χ3n) is 6.07. The number of nitrogens with one attached hydrogen (secondary N) is 2. The number of aliphatic imine (C=N–C) groups is 1. The van der Waals surface area contributed by atoms with Gasteiger partial charge in [-0.25, -0.2) is 5.84 Å². The van der Waals surface area contributed by atoms with E-state index < -0.39 is 11.9 Å². The van der Waals surface area contributed by atoms with Gasteiger partial charge in [0.15, 0.2) is 0 Å². The summed E-state index contributed by atoms with van der Waals surface area (Å²) in [5.74, 6) is 5.42. The highest BCUT2D eigenvalue weighted by atomic mass is 16.2. The van der Waals surface area contributed by atoms with Gasteiger partial charge in [-0.1, -0.05) is 55.5 Å². The molecule has 1 atom stereocenters. The normalized spacial score (nSPS) is 14.1. The topological polar surface area (TPSA) is 126 Å². The number of amides is 2. The minimum absolute atomic E-state index is 0.0386. The molecule has 0 spiro atoms. The Labute approximate surface area is 206 Å². The molecular weight excluding hydrogens is 440 g/mol. The summed E-state index contributed by atoms with van der Waals surface area (Å²) in [6.07, 6.45) is 4.57. The molecule has 8 heteroatoms. The van der Waals surface area contributed by atoms with E-state index in [0.717, 1.165) is 34.3 Å². The van der Waals surface area contributed by atoms with Crippen LogP contribution in [-0.4, -0.2) is 43.2 Å². The predicted molar refractivity (Wildman–Crippen MR) is 140 cm³/mol. The van der Waals surface area contributed by atoms with Gasteiger partial charge in [-0.15, -0.1) is 0 Å². The SMILES string of the molecule is CCc1ccc(C(C=NC)NC(=O)/C(N)=C/N(N)CCNC(=O)C2=C(C)c3ccccc3C2)cc1. The number of aryl methyl sites for hydroxylation is 1. The van der Waals surface area contributed by atoms with Gasteiger partial charge in [0.2, 0.25) is 5.91 Å². The molecule has 8 nitrogen and oxygen atoms in total. The Morgan fingerprint density at radius 2 is 1.89 bits per heavy atom. The van der Waals surface area contributed by atoms with E-state index in [1.54, 1.807) is 13.3 Å². The van der Waals surface area contributed by atoms with Crippen LogP contribution in [0, 0.1) is 0 Å². The highest BCUT2D eigenvalue weighted by Crippen LogP contribution is 2.32. The molecule has 184 valence electrons. The largest absolute Gasteiger partial charge is 0.393 e. The first-order chi connectivity index (χ1) is 16.8. The van der Waals surface area contributed by atoms with Gasteiger partial charge in [-0.3, -0.25) is 14.6 Å². The Kier molecular flexibility index (Phi) is 8.80. The van der Waals surface area contributed by atoms with Crippen molar-refractivity contribution in [3.8, 4) is 0 Å². The fourth-order valence-corrected chi connectivity index (χ4v) is 4.02. The van der Waals surface area contributed by atoms with Crippen molar-refractivity contribution >= 4 is 23.6 Å². The number of benzene rings is 2. The highest BCUT2D eigenvalue weighted by molar-refractivity contribution is 6.03. The number of hydrazine groups is 1. The van der Waals surface area contributed by atoms with E-state index in [2.05, 4.69) is 22.5 Å². The van der Waals surface area contributed by atoms with Gasteiger partial charge in [0.25, 0.3) is 5.91 Å². The van der Waals surface area contributed by atoms with Crippen LogP contribution in [0.4, 0.5) is 0 Å². The van der Waals surface area contributed by atoms with E-state index in [4.69, 9.17) is 11.6 Å². The summed E-state index contributed by atoms with van der Waals surface area (Å²) in [6, 6.07) is 15.6. The molecule has 0 saturated heterocycles. The van der Waals surface area contributed by atoms with Crippen molar-refractivity contribution in [3.05, 3.63) is 88.3 Å². The maximum absolute atomic E-state index is 12.6. The van der Waals surface area contributed by atoms with Crippen LogP contribution in [0.3, 0.4) is 0 Å². The van der Waals surface area contributed by atoms with Gasteiger partial charge >= 0.3 is 0 Å². The Hall–Kier alpha value is -3.91. The molecule has 0 heterocycles. The average Bonchev–Trinajstić information content (AvgIpc) is 3.20. The van der Waals surface area contributed by atoms with Crippen LogP contribution in [0.2, 0.25) is 0 Å². The second-order valence-electron chi connectivity index (χ2n) is 8.47. The van der Waals surface area contributed by atoms with Crippen molar-refractivity contribution in [2.75, 3.05) is 20.1 Å². The first-order valence-corrected chi connectivity index (χ1v) is 11.7. The zero-order valence-corrected chi connectivity index (χ0v) is 20.5. The molecule has 35 heavy (non-hydrogen) atoms. The fourth-order valence-electron chi connectivity index (χ4n) is 4.02. The van der Waals surface area contributed by atoms with E-state index in [0.29, 0.717) is 13.0 Å². The minimum atomic E-state index is -0.460. The molecule has 0 fully saturated rings. The summed E-state index contributed by atoms with van der Waals surface area (Å²) in [5.41, 5.74) is 12.1. The predicted octanol–water partition coefficient (Wildman–Crippen LogP) is 2.23. The number of carbonyl (C=O) groups excluding carboxylic acids is 2. The van der Waals surface area contributed by atoms with Crippen LogP contribution in [0.25, 0.3) is 5.57 Å². The fraction of sp³-hybridized carbons (Fsp3) is 0.296. The number of nitrogens with two attached hydrogens (primary N) is 2.